The highest BCUT2D eigenvalue weighted by Gasteiger charge is 2.30. The van der Waals surface area contributed by atoms with Gasteiger partial charge in [0, 0.05) is 25.7 Å². The van der Waals surface area contributed by atoms with Crippen LogP contribution in [-0.4, -0.2) is 96.7 Å². The first-order valence-corrected chi connectivity index (χ1v) is 45.5. The number of unbranched alkanes of at least 4 members (excludes halogenated alkanes) is 51. The van der Waals surface area contributed by atoms with E-state index in [0.29, 0.717) is 25.7 Å². The summed E-state index contributed by atoms with van der Waals surface area (Å²) in [7, 11) is -9.92. The number of hydrogen-bond donors (Lipinski definition) is 3. The Morgan fingerprint density at radius 2 is 0.455 bits per heavy atom. The third-order valence-electron chi connectivity index (χ3n) is 19.2. The number of phosphoric ester groups is 2. The van der Waals surface area contributed by atoms with Gasteiger partial charge in [-0.2, -0.15) is 0 Å². The van der Waals surface area contributed by atoms with Crippen molar-refractivity contribution < 1.29 is 80.2 Å². The monoisotopic (exact) mass is 1480 g/mol. The highest BCUT2D eigenvalue weighted by molar-refractivity contribution is 7.47. The van der Waals surface area contributed by atoms with Crippen molar-refractivity contribution >= 4 is 39.5 Å². The van der Waals surface area contributed by atoms with Crippen LogP contribution in [0, 0.1) is 11.8 Å². The van der Waals surface area contributed by atoms with Crippen molar-refractivity contribution in [2.24, 2.45) is 11.8 Å². The summed E-state index contributed by atoms with van der Waals surface area (Å²) in [5, 5.41) is 10.6. The van der Waals surface area contributed by atoms with Gasteiger partial charge in [0.25, 0.3) is 0 Å². The number of carbonyl (C=O) groups excluding carboxylic acids is 4. The summed E-state index contributed by atoms with van der Waals surface area (Å²) < 4.78 is 68.7. The molecule has 0 saturated carbocycles. The minimum atomic E-state index is -4.96. The van der Waals surface area contributed by atoms with E-state index in [-0.39, 0.29) is 25.7 Å². The Labute approximate surface area is 619 Å². The molecule has 0 fully saturated rings. The summed E-state index contributed by atoms with van der Waals surface area (Å²) in [6.45, 7) is 9.61. The molecule has 0 aromatic rings. The molecular formula is C82H160O17P2. The van der Waals surface area contributed by atoms with Crippen LogP contribution in [0.2, 0.25) is 0 Å². The maximum Gasteiger partial charge on any atom is 0.472 e. The maximum absolute atomic E-state index is 13.1. The topological polar surface area (TPSA) is 237 Å². The fourth-order valence-electron chi connectivity index (χ4n) is 12.7. The smallest absolute Gasteiger partial charge is 0.462 e. The van der Waals surface area contributed by atoms with Crippen molar-refractivity contribution in [2.75, 3.05) is 39.6 Å². The molecule has 3 N–H and O–H groups in total. The quantitative estimate of drug-likeness (QED) is 0.0222. The predicted molar refractivity (Wildman–Crippen MR) is 414 cm³/mol. The van der Waals surface area contributed by atoms with Crippen LogP contribution in [0.3, 0.4) is 0 Å². The van der Waals surface area contributed by atoms with E-state index in [0.717, 1.165) is 102 Å². The van der Waals surface area contributed by atoms with Gasteiger partial charge in [-0.1, -0.05) is 382 Å². The van der Waals surface area contributed by atoms with Gasteiger partial charge >= 0.3 is 39.5 Å². The molecule has 5 atom stereocenters. The molecular weight excluding hydrogens is 1320 g/mol. The van der Waals surface area contributed by atoms with Crippen molar-refractivity contribution in [3.63, 3.8) is 0 Å². The minimum absolute atomic E-state index is 0.106. The van der Waals surface area contributed by atoms with Crippen molar-refractivity contribution in [2.45, 2.75) is 452 Å². The fourth-order valence-corrected chi connectivity index (χ4v) is 14.3. The summed E-state index contributed by atoms with van der Waals surface area (Å²) in [5.41, 5.74) is 0. The first kappa shape index (κ1) is 99.1. The van der Waals surface area contributed by atoms with Gasteiger partial charge < -0.3 is 33.8 Å². The Hall–Kier alpha value is -1.94. The lowest BCUT2D eigenvalue weighted by Crippen LogP contribution is -2.30. The lowest BCUT2D eigenvalue weighted by molar-refractivity contribution is -0.161. The van der Waals surface area contributed by atoms with Crippen LogP contribution >= 0.6 is 15.6 Å². The number of aliphatic hydroxyl groups excluding tert-OH is 1. The molecule has 0 saturated heterocycles. The van der Waals surface area contributed by atoms with Crippen molar-refractivity contribution in [1.29, 1.82) is 0 Å². The summed E-state index contributed by atoms with van der Waals surface area (Å²) >= 11 is 0. The molecule has 0 bridgehead atoms. The third-order valence-corrected chi connectivity index (χ3v) is 21.1. The second-order valence-electron chi connectivity index (χ2n) is 30.5. The summed E-state index contributed by atoms with van der Waals surface area (Å²) in [5.74, 6) is -0.613. The van der Waals surface area contributed by atoms with E-state index in [1.165, 1.54) is 250 Å². The predicted octanol–water partition coefficient (Wildman–Crippen LogP) is 24.7. The Bertz CT molecular complexity index is 1940. The van der Waals surface area contributed by atoms with Gasteiger partial charge in [-0.25, -0.2) is 9.13 Å². The molecule has 0 aromatic carbocycles. The molecule has 2 unspecified atom stereocenters. The zero-order valence-corrected chi connectivity index (χ0v) is 68.0. The number of esters is 4. The highest BCUT2D eigenvalue weighted by Crippen LogP contribution is 2.45. The maximum atomic E-state index is 13.1. The molecule has 0 aromatic heterocycles. The van der Waals surface area contributed by atoms with Crippen LogP contribution in [-0.2, 0) is 65.4 Å². The summed E-state index contributed by atoms with van der Waals surface area (Å²) in [6.07, 6.45) is 63.9. The molecule has 0 rings (SSSR count). The lowest BCUT2D eigenvalue weighted by atomic mass is 10.0. The number of ether oxygens (including phenoxy) is 4. The standard InChI is InChI=1S/C82H160O17P2/c1-7-9-11-13-15-17-19-21-23-24-25-26-27-28-29-30-32-34-41-48-54-60-66-81(86)98-77(70-92-79(84)64-58-52-46-40-33-31-22-20-18-16-14-12-10-8-2)72-96-100(88,89)94-68-76(83)69-95-101(90,91)97-73-78(71-93-80(85)65-59-53-47-43-37-39-45-51-57-63-75(5)6)99-82(87)67-61-55-49-42-36-35-38-44-50-56-62-74(3)4/h74-78,83H,7-73H2,1-6H3,(H,88,89)(H,90,91)/t76-,77-,78-/m1/s1. The van der Waals surface area contributed by atoms with E-state index in [4.69, 9.17) is 37.0 Å². The Balaban J connectivity index is 5.22. The molecule has 0 aliphatic carbocycles. The number of rotatable bonds is 81. The van der Waals surface area contributed by atoms with Gasteiger partial charge in [0.15, 0.2) is 12.2 Å². The van der Waals surface area contributed by atoms with E-state index in [1.54, 1.807) is 0 Å². The highest BCUT2D eigenvalue weighted by atomic mass is 31.2. The second-order valence-corrected chi connectivity index (χ2v) is 33.4. The molecule has 600 valence electrons. The van der Waals surface area contributed by atoms with Crippen LogP contribution in [0.25, 0.3) is 0 Å². The van der Waals surface area contributed by atoms with Gasteiger partial charge in [0.1, 0.15) is 19.3 Å². The van der Waals surface area contributed by atoms with Gasteiger partial charge in [-0.3, -0.25) is 37.3 Å². The lowest BCUT2D eigenvalue weighted by Gasteiger charge is -2.21. The first-order chi connectivity index (χ1) is 48.9. The zero-order valence-electron chi connectivity index (χ0n) is 66.2. The van der Waals surface area contributed by atoms with Gasteiger partial charge in [0.2, 0.25) is 0 Å². The number of hydrogen-bond acceptors (Lipinski definition) is 15. The van der Waals surface area contributed by atoms with Gasteiger partial charge in [-0.05, 0) is 37.5 Å². The Morgan fingerprint density at radius 1 is 0.267 bits per heavy atom. The van der Waals surface area contributed by atoms with Crippen LogP contribution in [0.4, 0.5) is 0 Å². The fraction of sp³-hybridized carbons (Fsp3) is 0.951. The molecule has 0 heterocycles. The van der Waals surface area contributed by atoms with Gasteiger partial charge in [0.05, 0.1) is 26.4 Å². The van der Waals surface area contributed by atoms with E-state index in [2.05, 4.69) is 41.5 Å². The van der Waals surface area contributed by atoms with Crippen LogP contribution in [0.5, 0.6) is 0 Å². The number of phosphoric acid groups is 2. The number of aliphatic hydroxyl groups is 1. The van der Waals surface area contributed by atoms with Crippen molar-refractivity contribution in [3.8, 4) is 0 Å². The summed E-state index contributed by atoms with van der Waals surface area (Å²) in [6, 6.07) is 0. The van der Waals surface area contributed by atoms with E-state index in [1.807, 2.05) is 0 Å². The van der Waals surface area contributed by atoms with Crippen LogP contribution < -0.4 is 0 Å². The molecule has 0 aliphatic heterocycles. The Kier molecular flexibility index (Phi) is 72.2. The SMILES string of the molecule is CCCCCCCCCCCCCCCCCCCCCCCCC(=O)O[C@H](COC(=O)CCCCCCCCCCCCCCCC)COP(=O)(O)OC[C@@H](O)COP(=O)(O)OC[C@@H](COC(=O)CCCCCCCCCCCC(C)C)OC(=O)CCCCCCCCCCCCC(C)C. The first-order valence-electron chi connectivity index (χ1n) is 42.5. The van der Waals surface area contributed by atoms with E-state index < -0.39 is 97.5 Å². The third kappa shape index (κ3) is 76.1. The molecule has 0 spiro atoms. The molecule has 0 aliphatic rings. The molecule has 17 nitrogen and oxygen atoms in total. The van der Waals surface area contributed by atoms with Gasteiger partial charge in [-0.15, -0.1) is 0 Å². The average Bonchev–Trinajstić information content (AvgIpc) is 0.938. The zero-order chi connectivity index (χ0) is 74.2. The average molecular weight is 1480 g/mol. The van der Waals surface area contributed by atoms with E-state index >= 15 is 0 Å². The normalized spacial score (nSPS) is 13.9. The van der Waals surface area contributed by atoms with Crippen LogP contribution in [0.1, 0.15) is 433 Å². The molecule has 101 heavy (non-hydrogen) atoms. The Morgan fingerprint density at radius 3 is 0.673 bits per heavy atom. The van der Waals surface area contributed by atoms with Crippen molar-refractivity contribution in [3.05, 3.63) is 0 Å². The van der Waals surface area contributed by atoms with Crippen molar-refractivity contribution in [1.82, 2.24) is 0 Å². The largest absolute Gasteiger partial charge is 0.472 e. The minimum Gasteiger partial charge on any atom is -0.462 e. The number of carbonyl (C=O) groups is 4. The van der Waals surface area contributed by atoms with Crippen LogP contribution in [0.15, 0.2) is 0 Å². The second kappa shape index (κ2) is 73.6. The van der Waals surface area contributed by atoms with E-state index in [9.17, 15) is 43.2 Å². The molecule has 0 amide bonds. The molecule has 0 radical (unpaired) electrons. The summed E-state index contributed by atoms with van der Waals surface area (Å²) in [4.78, 5) is 73.1. The molecule has 19 heteroatoms.